The smallest absolute Gasteiger partial charge is 0.317 e. The van der Waals surface area contributed by atoms with Crippen molar-refractivity contribution in [1.82, 2.24) is 10.2 Å². The molecule has 0 unspecified atom stereocenters. The maximum Gasteiger partial charge on any atom is 0.317 e. The first-order chi connectivity index (χ1) is 11.5. The number of anilines is 1. The van der Waals surface area contributed by atoms with Crippen molar-refractivity contribution in [3.8, 4) is 0 Å². The number of unbranched alkanes of at least 4 members (excludes halogenated alkanes) is 1. The lowest BCUT2D eigenvalue weighted by Gasteiger charge is -2.24. The second-order valence-corrected chi connectivity index (χ2v) is 6.56. The number of carbonyl (C=O) groups excluding carboxylic acids is 2. The molecule has 0 aromatic heterocycles. The molecular formula is C19H29N3O2. The molecule has 1 fully saturated rings. The molecule has 1 aliphatic rings. The molecule has 132 valence electrons. The lowest BCUT2D eigenvalue weighted by Crippen LogP contribution is -2.46. The summed E-state index contributed by atoms with van der Waals surface area (Å²) in [7, 11) is 0. The summed E-state index contributed by atoms with van der Waals surface area (Å²) in [6.07, 6.45) is 2.43. The number of urea groups is 1. The minimum Gasteiger partial charge on any atom is -0.333 e. The standard InChI is InChI=1S/C19H29N3O2/c1-5-7-10-21(6-2)19(24)20-16-12-18(23)22(13-16)17-9-8-14(3)15(4)11-17/h8-9,11,16H,5-7,10,12-13H2,1-4H3,(H,20,24)/t16-/m1/s1. The second-order valence-electron chi connectivity index (χ2n) is 6.56. The van der Waals surface area contributed by atoms with Crippen molar-refractivity contribution in [3.63, 3.8) is 0 Å². The minimum absolute atomic E-state index is 0.0642. The number of carbonyl (C=O) groups is 2. The van der Waals surface area contributed by atoms with E-state index in [4.69, 9.17) is 0 Å². The Morgan fingerprint density at radius 2 is 2.04 bits per heavy atom. The van der Waals surface area contributed by atoms with Gasteiger partial charge in [-0.2, -0.15) is 0 Å². The van der Waals surface area contributed by atoms with Crippen molar-refractivity contribution in [2.75, 3.05) is 24.5 Å². The van der Waals surface area contributed by atoms with Gasteiger partial charge in [-0.05, 0) is 50.5 Å². The molecule has 1 N–H and O–H groups in total. The van der Waals surface area contributed by atoms with Gasteiger partial charge in [0.15, 0.2) is 0 Å². The number of aryl methyl sites for hydroxylation is 2. The van der Waals surface area contributed by atoms with Gasteiger partial charge in [-0.15, -0.1) is 0 Å². The molecule has 0 aliphatic carbocycles. The number of nitrogens with one attached hydrogen (secondary N) is 1. The number of hydrogen-bond donors (Lipinski definition) is 1. The first-order valence-corrected chi connectivity index (χ1v) is 8.89. The summed E-state index contributed by atoms with van der Waals surface area (Å²) >= 11 is 0. The average Bonchev–Trinajstić information content (AvgIpc) is 2.91. The molecule has 5 nitrogen and oxygen atoms in total. The van der Waals surface area contributed by atoms with Gasteiger partial charge in [-0.1, -0.05) is 19.4 Å². The van der Waals surface area contributed by atoms with Crippen LogP contribution in [-0.4, -0.2) is 42.5 Å². The van der Waals surface area contributed by atoms with E-state index in [1.54, 1.807) is 4.90 Å². The van der Waals surface area contributed by atoms with Crippen molar-refractivity contribution >= 4 is 17.6 Å². The molecule has 24 heavy (non-hydrogen) atoms. The number of rotatable bonds is 6. The van der Waals surface area contributed by atoms with Crippen LogP contribution in [0.4, 0.5) is 10.5 Å². The summed E-state index contributed by atoms with van der Waals surface area (Å²) in [5.74, 6) is 0.0696. The lowest BCUT2D eigenvalue weighted by molar-refractivity contribution is -0.117. The monoisotopic (exact) mass is 331 g/mol. The molecule has 1 saturated heterocycles. The van der Waals surface area contributed by atoms with Gasteiger partial charge >= 0.3 is 6.03 Å². The Morgan fingerprint density at radius 1 is 1.29 bits per heavy atom. The molecule has 1 aromatic carbocycles. The van der Waals surface area contributed by atoms with Crippen LogP contribution in [0.3, 0.4) is 0 Å². The fourth-order valence-electron chi connectivity index (χ4n) is 2.97. The van der Waals surface area contributed by atoms with Crippen LogP contribution in [0, 0.1) is 13.8 Å². The van der Waals surface area contributed by atoms with Crippen LogP contribution in [0.15, 0.2) is 18.2 Å². The van der Waals surface area contributed by atoms with Crippen molar-refractivity contribution in [2.45, 2.75) is 53.0 Å². The first kappa shape index (κ1) is 18.3. The van der Waals surface area contributed by atoms with E-state index in [2.05, 4.69) is 19.2 Å². The third kappa shape index (κ3) is 4.28. The van der Waals surface area contributed by atoms with Crippen LogP contribution in [0.1, 0.15) is 44.2 Å². The molecule has 0 saturated carbocycles. The predicted molar refractivity (Wildman–Crippen MR) is 97.4 cm³/mol. The highest BCUT2D eigenvalue weighted by molar-refractivity contribution is 5.96. The highest BCUT2D eigenvalue weighted by Crippen LogP contribution is 2.24. The maximum atomic E-state index is 12.4. The highest BCUT2D eigenvalue weighted by atomic mass is 16.2. The molecular weight excluding hydrogens is 302 g/mol. The summed E-state index contributed by atoms with van der Waals surface area (Å²) in [4.78, 5) is 28.3. The number of amides is 3. The van der Waals surface area contributed by atoms with E-state index in [9.17, 15) is 9.59 Å². The highest BCUT2D eigenvalue weighted by Gasteiger charge is 2.32. The van der Waals surface area contributed by atoms with Crippen LogP contribution in [0.25, 0.3) is 0 Å². The average molecular weight is 331 g/mol. The second kappa shape index (κ2) is 8.18. The van der Waals surface area contributed by atoms with Gasteiger partial charge in [0.2, 0.25) is 5.91 Å². The fourth-order valence-corrected chi connectivity index (χ4v) is 2.97. The maximum absolute atomic E-state index is 12.4. The van der Waals surface area contributed by atoms with Crippen LogP contribution in [-0.2, 0) is 4.79 Å². The Balaban J connectivity index is 1.98. The summed E-state index contributed by atoms with van der Waals surface area (Å²) in [5.41, 5.74) is 3.30. The Bertz CT molecular complexity index is 600. The minimum atomic E-state index is -0.123. The molecule has 0 spiro atoms. The van der Waals surface area contributed by atoms with E-state index in [1.807, 2.05) is 36.9 Å². The summed E-state index contributed by atoms with van der Waals surface area (Å²) < 4.78 is 0. The van der Waals surface area contributed by atoms with Gasteiger partial charge in [-0.3, -0.25) is 4.79 Å². The van der Waals surface area contributed by atoms with E-state index < -0.39 is 0 Å². The van der Waals surface area contributed by atoms with E-state index in [-0.39, 0.29) is 18.0 Å². The molecule has 2 rings (SSSR count). The first-order valence-electron chi connectivity index (χ1n) is 8.89. The molecule has 1 atom stereocenters. The summed E-state index contributed by atoms with van der Waals surface area (Å²) in [5, 5.41) is 3.02. The van der Waals surface area contributed by atoms with Gasteiger partial charge in [0.05, 0.1) is 6.04 Å². The number of benzene rings is 1. The van der Waals surface area contributed by atoms with Crippen molar-refractivity contribution < 1.29 is 9.59 Å². The zero-order valence-corrected chi connectivity index (χ0v) is 15.3. The molecule has 1 heterocycles. The third-order valence-electron chi connectivity index (χ3n) is 4.71. The quantitative estimate of drug-likeness (QED) is 0.870. The van der Waals surface area contributed by atoms with Crippen molar-refractivity contribution in [2.24, 2.45) is 0 Å². The topological polar surface area (TPSA) is 52.7 Å². The van der Waals surface area contributed by atoms with Crippen LogP contribution in [0.2, 0.25) is 0 Å². The Labute approximate surface area is 145 Å². The van der Waals surface area contributed by atoms with E-state index in [0.29, 0.717) is 19.5 Å². The van der Waals surface area contributed by atoms with Crippen molar-refractivity contribution in [1.29, 1.82) is 0 Å². The SMILES string of the molecule is CCCCN(CC)C(=O)N[C@@H]1CC(=O)N(c2ccc(C)c(C)c2)C1. The zero-order valence-electron chi connectivity index (χ0n) is 15.3. The van der Waals surface area contributed by atoms with Crippen molar-refractivity contribution in [3.05, 3.63) is 29.3 Å². The van der Waals surface area contributed by atoms with Gasteiger partial charge in [-0.25, -0.2) is 4.79 Å². The molecule has 1 aromatic rings. The predicted octanol–water partition coefficient (Wildman–Crippen LogP) is 3.24. The van der Waals surface area contributed by atoms with Crippen LogP contribution < -0.4 is 10.2 Å². The summed E-state index contributed by atoms with van der Waals surface area (Å²) in [6, 6.07) is 5.86. The van der Waals surface area contributed by atoms with E-state index in [1.165, 1.54) is 11.1 Å². The van der Waals surface area contributed by atoms with Gasteiger partial charge in [0, 0.05) is 31.7 Å². The van der Waals surface area contributed by atoms with Gasteiger partial charge in [0.1, 0.15) is 0 Å². The molecule has 1 aliphatic heterocycles. The Kier molecular flexibility index (Phi) is 6.23. The Morgan fingerprint density at radius 3 is 2.67 bits per heavy atom. The van der Waals surface area contributed by atoms with E-state index in [0.717, 1.165) is 25.1 Å². The lowest BCUT2D eigenvalue weighted by atomic mass is 10.1. The van der Waals surface area contributed by atoms with Gasteiger partial charge < -0.3 is 15.1 Å². The molecule has 3 amide bonds. The van der Waals surface area contributed by atoms with Gasteiger partial charge in [0.25, 0.3) is 0 Å². The summed E-state index contributed by atoms with van der Waals surface area (Å²) in [6.45, 7) is 10.2. The fraction of sp³-hybridized carbons (Fsp3) is 0.579. The molecule has 0 bridgehead atoms. The third-order valence-corrected chi connectivity index (χ3v) is 4.71. The zero-order chi connectivity index (χ0) is 17.7. The molecule has 0 radical (unpaired) electrons. The molecule has 5 heteroatoms. The van der Waals surface area contributed by atoms with Crippen LogP contribution in [0.5, 0.6) is 0 Å². The normalized spacial score (nSPS) is 17.2. The van der Waals surface area contributed by atoms with E-state index >= 15 is 0 Å². The number of hydrogen-bond acceptors (Lipinski definition) is 2. The largest absolute Gasteiger partial charge is 0.333 e. The Hall–Kier alpha value is -2.04. The number of nitrogens with zero attached hydrogens (tertiary/aromatic N) is 2. The van der Waals surface area contributed by atoms with Crippen LogP contribution >= 0.6 is 0 Å².